The van der Waals surface area contributed by atoms with E-state index in [-0.39, 0.29) is 17.5 Å². The second-order valence-corrected chi connectivity index (χ2v) is 7.49. The Labute approximate surface area is 185 Å². The van der Waals surface area contributed by atoms with Crippen molar-refractivity contribution < 1.29 is 14.3 Å². The van der Waals surface area contributed by atoms with Gasteiger partial charge in [-0.1, -0.05) is 6.07 Å². The first-order valence-electron chi connectivity index (χ1n) is 10.1. The van der Waals surface area contributed by atoms with Crippen LogP contribution in [0, 0.1) is 0 Å². The van der Waals surface area contributed by atoms with Crippen molar-refractivity contribution in [3.05, 3.63) is 53.2 Å². The summed E-state index contributed by atoms with van der Waals surface area (Å²) in [6, 6.07) is 11.3. The molecule has 32 heavy (non-hydrogen) atoms. The molecule has 0 spiro atoms. The molecule has 2 heterocycles. The van der Waals surface area contributed by atoms with Crippen LogP contribution in [0.1, 0.15) is 21.6 Å². The summed E-state index contributed by atoms with van der Waals surface area (Å²) in [7, 11) is 5.28. The van der Waals surface area contributed by atoms with Crippen LogP contribution in [0.5, 0.6) is 11.5 Å². The number of methoxy groups -OCH3 is 2. The fraction of sp³-hybridized carbons (Fsp3) is 0.273. The molecule has 0 saturated heterocycles. The highest BCUT2D eigenvalue weighted by atomic mass is 16.5. The maximum Gasteiger partial charge on any atom is 0.273 e. The first kappa shape index (κ1) is 21.3. The van der Waals surface area contributed by atoms with Crippen LogP contribution in [0.25, 0.3) is 0 Å². The molecule has 0 atom stereocenters. The van der Waals surface area contributed by atoms with E-state index in [1.165, 1.54) is 11.1 Å². The number of nitrogens with one attached hydrogen (secondary N) is 2. The third-order valence-corrected chi connectivity index (χ3v) is 5.22. The first-order valence-corrected chi connectivity index (χ1v) is 10.1. The number of hydrogen-bond acceptors (Lipinski definition) is 9. The fourth-order valence-corrected chi connectivity index (χ4v) is 3.58. The number of likely N-dealkylation sites (N-methyl/N-ethyl adjacent to an activating group) is 1. The number of nitrogens with two attached hydrogens (primary N) is 1. The maximum atomic E-state index is 11.9. The number of amides is 1. The lowest BCUT2D eigenvalue weighted by Crippen LogP contribution is -2.26. The van der Waals surface area contributed by atoms with Crippen molar-refractivity contribution in [2.75, 3.05) is 38.4 Å². The van der Waals surface area contributed by atoms with Gasteiger partial charge in [0, 0.05) is 24.8 Å². The van der Waals surface area contributed by atoms with Gasteiger partial charge in [-0.05, 0) is 48.9 Å². The third kappa shape index (κ3) is 4.54. The van der Waals surface area contributed by atoms with Gasteiger partial charge in [-0.25, -0.2) is 0 Å². The normalized spacial score (nSPS) is 13.2. The molecule has 4 N–H and O–H groups in total. The molecule has 0 aliphatic carbocycles. The fourth-order valence-electron chi connectivity index (χ4n) is 3.58. The number of carbonyl (C=O) groups excluding carboxylic acids is 1. The van der Waals surface area contributed by atoms with E-state index < -0.39 is 5.91 Å². The molecule has 1 aliphatic heterocycles. The van der Waals surface area contributed by atoms with Crippen molar-refractivity contribution in [2.24, 2.45) is 5.73 Å². The van der Waals surface area contributed by atoms with Crippen molar-refractivity contribution in [3.8, 4) is 11.5 Å². The largest absolute Gasteiger partial charge is 0.497 e. The Balaban J connectivity index is 1.67. The number of carbonyl (C=O) groups is 1. The summed E-state index contributed by atoms with van der Waals surface area (Å²) in [5.41, 5.74) is 9.23. The Morgan fingerprint density at radius 2 is 1.94 bits per heavy atom. The Bertz CT molecular complexity index is 1150. The molecule has 0 saturated carbocycles. The van der Waals surface area contributed by atoms with E-state index in [2.05, 4.69) is 37.8 Å². The highest BCUT2D eigenvalue weighted by molar-refractivity contribution is 5.96. The number of hydrogen-bond donors (Lipinski definition) is 3. The van der Waals surface area contributed by atoms with E-state index in [0.29, 0.717) is 22.9 Å². The molecule has 4 rings (SSSR count). The van der Waals surface area contributed by atoms with Crippen molar-refractivity contribution in [1.82, 2.24) is 20.1 Å². The highest BCUT2D eigenvalue weighted by Gasteiger charge is 2.19. The van der Waals surface area contributed by atoms with Gasteiger partial charge in [-0.3, -0.25) is 4.79 Å². The number of ether oxygens (including phenoxy) is 2. The summed E-state index contributed by atoms with van der Waals surface area (Å²) in [4.78, 5) is 18.6. The maximum absolute atomic E-state index is 11.9. The number of primary amides is 1. The predicted molar refractivity (Wildman–Crippen MR) is 121 cm³/mol. The Hall–Kier alpha value is -3.92. The van der Waals surface area contributed by atoms with Crippen LogP contribution in [0.2, 0.25) is 0 Å². The molecular formula is C22H25N7O3. The Morgan fingerprint density at radius 1 is 1.09 bits per heavy atom. The zero-order chi connectivity index (χ0) is 22.7. The topological polar surface area (TPSA) is 128 Å². The average molecular weight is 435 g/mol. The molecule has 0 radical (unpaired) electrons. The summed E-state index contributed by atoms with van der Waals surface area (Å²) in [6.45, 7) is 1.85. The van der Waals surface area contributed by atoms with Gasteiger partial charge in [-0.15, -0.1) is 10.2 Å². The minimum atomic E-state index is -0.739. The van der Waals surface area contributed by atoms with Crippen LogP contribution >= 0.6 is 0 Å². The molecule has 10 heteroatoms. The van der Waals surface area contributed by atoms with Gasteiger partial charge in [0.25, 0.3) is 5.91 Å². The van der Waals surface area contributed by atoms with Crippen LogP contribution in [-0.2, 0) is 13.0 Å². The predicted octanol–water partition coefficient (Wildman–Crippen LogP) is 2.46. The number of anilines is 4. The molecule has 10 nitrogen and oxygen atoms in total. The van der Waals surface area contributed by atoms with Gasteiger partial charge in [0.2, 0.25) is 5.95 Å². The minimum absolute atomic E-state index is 0.0719. The van der Waals surface area contributed by atoms with Crippen LogP contribution in [-0.4, -0.2) is 53.8 Å². The van der Waals surface area contributed by atoms with Gasteiger partial charge in [0.15, 0.2) is 11.5 Å². The average Bonchev–Trinajstić information content (AvgIpc) is 2.78. The summed E-state index contributed by atoms with van der Waals surface area (Å²) in [5.74, 6) is 0.969. The van der Waals surface area contributed by atoms with Gasteiger partial charge in [0.1, 0.15) is 11.5 Å². The summed E-state index contributed by atoms with van der Waals surface area (Å²) >= 11 is 0. The Kier molecular flexibility index (Phi) is 6.04. The van der Waals surface area contributed by atoms with Crippen molar-refractivity contribution in [1.29, 1.82) is 0 Å². The molecule has 1 aliphatic rings. The molecule has 1 amide bonds. The van der Waals surface area contributed by atoms with Crippen molar-refractivity contribution in [3.63, 3.8) is 0 Å². The van der Waals surface area contributed by atoms with Gasteiger partial charge in [0.05, 0.1) is 19.9 Å². The van der Waals surface area contributed by atoms with E-state index in [0.717, 1.165) is 19.5 Å². The van der Waals surface area contributed by atoms with E-state index >= 15 is 0 Å². The summed E-state index contributed by atoms with van der Waals surface area (Å²) < 4.78 is 10.8. The monoisotopic (exact) mass is 435 g/mol. The zero-order valence-electron chi connectivity index (χ0n) is 18.2. The van der Waals surface area contributed by atoms with Crippen molar-refractivity contribution >= 4 is 29.0 Å². The number of fused-ring (bicyclic) bond motifs is 1. The molecule has 0 fully saturated rings. The van der Waals surface area contributed by atoms with Gasteiger partial charge >= 0.3 is 0 Å². The highest BCUT2D eigenvalue weighted by Crippen LogP contribution is 2.33. The molecule has 2 aromatic carbocycles. The second-order valence-electron chi connectivity index (χ2n) is 7.49. The molecule has 0 bridgehead atoms. The molecule has 3 aromatic rings. The van der Waals surface area contributed by atoms with E-state index in [1.807, 2.05) is 30.3 Å². The SMILES string of the molecule is COc1cccc(Nc2nc(Nc3cc4c(cc3OC)CCN(C)C4)nnc2C(N)=O)c1. The quantitative estimate of drug-likeness (QED) is 0.513. The zero-order valence-corrected chi connectivity index (χ0v) is 18.2. The summed E-state index contributed by atoms with van der Waals surface area (Å²) in [6.07, 6.45) is 0.961. The second kappa shape index (κ2) is 9.06. The van der Waals surface area contributed by atoms with Gasteiger partial charge < -0.3 is 30.7 Å². The minimum Gasteiger partial charge on any atom is -0.497 e. The standard InChI is InChI=1S/C22H25N7O3/c1-29-8-7-13-10-18(32-3)17(9-14(13)12-29)25-22-26-21(19(20(23)30)27-28-22)24-15-5-4-6-16(11-15)31-2/h4-6,9-11H,7-8,12H2,1-3H3,(H2,23,30)(H2,24,25,26,28). The van der Waals surface area contributed by atoms with Crippen LogP contribution in [0.15, 0.2) is 36.4 Å². The summed E-state index contributed by atoms with van der Waals surface area (Å²) in [5, 5.41) is 14.2. The molecule has 1 aromatic heterocycles. The van der Waals surface area contributed by atoms with E-state index in [4.69, 9.17) is 15.2 Å². The molecule has 166 valence electrons. The smallest absolute Gasteiger partial charge is 0.273 e. The van der Waals surface area contributed by atoms with Crippen LogP contribution in [0.3, 0.4) is 0 Å². The lowest BCUT2D eigenvalue weighted by Gasteiger charge is -2.26. The van der Waals surface area contributed by atoms with Crippen LogP contribution in [0.4, 0.5) is 23.1 Å². The Morgan fingerprint density at radius 3 is 2.69 bits per heavy atom. The number of rotatable bonds is 7. The lowest BCUT2D eigenvalue weighted by atomic mass is 9.99. The number of aromatic nitrogens is 3. The third-order valence-electron chi connectivity index (χ3n) is 5.22. The van der Waals surface area contributed by atoms with E-state index in [9.17, 15) is 4.79 Å². The van der Waals surface area contributed by atoms with Crippen LogP contribution < -0.4 is 25.8 Å². The van der Waals surface area contributed by atoms with Crippen molar-refractivity contribution in [2.45, 2.75) is 13.0 Å². The molecule has 0 unspecified atom stereocenters. The number of nitrogens with zero attached hydrogens (tertiary/aromatic N) is 4. The van der Waals surface area contributed by atoms with Gasteiger partial charge in [-0.2, -0.15) is 4.98 Å². The number of benzene rings is 2. The van der Waals surface area contributed by atoms with E-state index in [1.54, 1.807) is 20.3 Å². The lowest BCUT2D eigenvalue weighted by molar-refractivity contribution is 0.0995. The first-order chi connectivity index (χ1) is 15.5. The molecular weight excluding hydrogens is 410 g/mol.